The van der Waals surface area contributed by atoms with Gasteiger partial charge in [-0.1, -0.05) is 38.1 Å². The van der Waals surface area contributed by atoms with Crippen LogP contribution < -0.4 is 5.73 Å². The molecule has 1 rings (SSSR count). The fourth-order valence-corrected chi connectivity index (χ4v) is 3.27. The molecule has 0 bridgehead atoms. The van der Waals surface area contributed by atoms with Gasteiger partial charge in [-0.2, -0.15) is 0 Å². The molecular formula is C14H23NO2S. The van der Waals surface area contributed by atoms with E-state index in [4.69, 9.17) is 5.73 Å². The highest BCUT2D eigenvalue weighted by atomic mass is 32.2. The standard InChI is InChI=1S/C14H23NO2S/c1-11(2)14-6-4-13(5-7-14)10-18(16,17)9-8-12(3)15/h4-7,11-12H,8-10,15H2,1-3H3. The van der Waals surface area contributed by atoms with Gasteiger partial charge in [-0.25, -0.2) is 8.42 Å². The summed E-state index contributed by atoms with van der Waals surface area (Å²) in [5, 5.41) is 0. The van der Waals surface area contributed by atoms with E-state index in [0.717, 1.165) is 5.56 Å². The van der Waals surface area contributed by atoms with Gasteiger partial charge in [0.25, 0.3) is 0 Å². The third kappa shape index (κ3) is 5.19. The normalized spacial score (nSPS) is 13.8. The van der Waals surface area contributed by atoms with E-state index in [2.05, 4.69) is 13.8 Å². The Labute approximate surface area is 110 Å². The fourth-order valence-electron chi connectivity index (χ4n) is 1.69. The van der Waals surface area contributed by atoms with E-state index in [1.165, 1.54) is 5.56 Å². The molecule has 3 nitrogen and oxygen atoms in total. The minimum absolute atomic E-state index is 0.0666. The van der Waals surface area contributed by atoms with Crippen LogP contribution in [0.25, 0.3) is 0 Å². The molecule has 1 unspecified atom stereocenters. The molecule has 18 heavy (non-hydrogen) atoms. The largest absolute Gasteiger partial charge is 0.328 e. The van der Waals surface area contributed by atoms with E-state index in [9.17, 15) is 8.42 Å². The molecular weight excluding hydrogens is 246 g/mol. The van der Waals surface area contributed by atoms with Gasteiger partial charge in [0.1, 0.15) is 0 Å². The van der Waals surface area contributed by atoms with Crippen molar-refractivity contribution < 1.29 is 8.42 Å². The lowest BCUT2D eigenvalue weighted by Crippen LogP contribution is -2.20. The molecule has 4 heteroatoms. The first-order valence-corrected chi connectivity index (χ1v) is 8.17. The molecule has 0 saturated heterocycles. The summed E-state index contributed by atoms with van der Waals surface area (Å²) in [6.45, 7) is 6.07. The molecule has 1 aromatic rings. The molecule has 102 valence electrons. The van der Waals surface area contributed by atoms with Crippen LogP contribution in [0.3, 0.4) is 0 Å². The van der Waals surface area contributed by atoms with Crippen LogP contribution in [0.5, 0.6) is 0 Å². The minimum Gasteiger partial charge on any atom is -0.328 e. The monoisotopic (exact) mass is 269 g/mol. The Kier molecular flexibility index (Phi) is 5.35. The maximum absolute atomic E-state index is 11.9. The lowest BCUT2D eigenvalue weighted by Gasteiger charge is -2.09. The third-order valence-electron chi connectivity index (χ3n) is 2.92. The molecule has 0 amide bonds. The van der Waals surface area contributed by atoms with E-state index >= 15 is 0 Å². The molecule has 0 fully saturated rings. The minimum atomic E-state index is -3.04. The van der Waals surface area contributed by atoms with Gasteiger partial charge in [0.05, 0.1) is 11.5 Å². The Balaban J connectivity index is 2.66. The van der Waals surface area contributed by atoms with Crippen molar-refractivity contribution in [2.75, 3.05) is 5.75 Å². The Morgan fingerprint density at radius 2 is 1.67 bits per heavy atom. The van der Waals surface area contributed by atoms with Crippen LogP contribution >= 0.6 is 0 Å². The maximum Gasteiger partial charge on any atom is 0.154 e. The number of hydrogen-bond acceptors (Lipinski definition) is 3. The van der Waals surface area contributed by atoms with Crippen LogP contribution in [0.15, 0.2) is 24.3 Å². The zero-order valence-electron chi connectivity index (χ0n) is 11.4. The van der Waals surface area contributed by atoms with E-state index < -0.39 is 9.84 Å². The van der Waals surface area contributed by atoms with Crippen molar-refractivity contribution in [3.63, 3.8) is 0 Å². The second kappa shape index (κ2) is 6.34. The van der Waals surface area contributed by atoms with Gasteiger partial charge in [0.15, 0.2) is 9.84 Å². The zero-order chi connectivity index (χ0) is 13.8. The SMILES string of the molecule is CC(N)CCS(=O)(=O)Cc1ccc(C(C)C)cc1. The summed E-state index contributed by atoms with van der Waals surface area (Å²) in [7, 11) is -3.04. The van der Waals surface area contributed by atoms with Crippen molar-refractivity contribution >= 4 is 9.84 Å². The molecule has 0 radical (unpaired) electrons. The first-order valence-electron chi connectivity index (χ1n) is 6.35. The summed E-state index contributed by atoms with van der Waals surface area (Å²) >= 11 is 0. The second-order valence-electron chi connectivity index (χ2n) is 5.25. The van der Waals surface area contributed by atoms with Crippen LogP contribution in [-0.4, -0.2) is 20.2 Å². The molecule has 0 aromatic heterocycles. The molecule has 2 N–H and O–H groups in total. The summed E-state index contributed by atoms with van der Waals surface area (Å²) < 4.78 is 23.7. The van der Waals surface area contributed by atoms with E-state index in [1.807, 2.05) is 31.2 Å². The maximum atomic E-state index is 11.9. The van der Waals surface area contributed by atoms with Gasteiger partial charge in [-0.05, 0) is 30.4 Å². The van der Waals surface area contributed by atoms with Crippen LogP contribution in [0, 0.1) is 0 Å². The average molecular weight is 269 g/mol. The number of benzene rings is 1. The predicted octanol–water partition coefficient (Wildman–Crippen LogP) is 2.46. The second-order valence-corrected chi connectivity index (χ2v) is 7.44. The summed E-state index contributed by atoms with van der Waals surface area (Å²) in [5.74, 6) is 0.739. The molecule has 1 atom stereocenters. The van der Waals surface area contributed by atoms with Gasteiger partial charge < -0.3 is 5.73 Å². The first kappa shape index (κ1) is 15.2. The molecule has 0 heterocycles. The summed E-state index contributed by atoms with van der Waals surface area (Å²) in [6, 6.07) is 7.74. The van der Waals surface area contributed by atoms with E-state index in [0.29, 0.717) is 12.3 Å². The van der Waals surface area contributed by atoms with Crippen molar-refractivity contribution in [3.8, 4) is 0 Å². The smallest absolute Gasteiger partial charge is 0.154 e. The highest BCUT2D eigenvalue weighted by molar-refractivity contribution is 7.90. The number of rotatable bonds is 6. The molecule has 0 spiro atoms. The molecule has 0 aliphatic carbocycles. The lowest BCUT2D eigenvalue weighted by molar-refractivity contribution is 0.586. The van der Waals surface area contributed by atoms with Crippen molar-refractivity contribution in [2.24, 2.45) is 5.73 Å². The van der Waals surface area contributed by atoms with Gasteiger partial charge in [0, 0.05) is 6.04 Å². The van der Waals surface area contributed by atoms with Crippen LogP contribution in [0.4, 0.5) is 0 Å². The topological polar surface area (TPSA) is 60.2 Å². The van der Waals surface area contributed by atoms with Crippen molar-refractivity contribution in [1.82, 2.24) is 0 Å². The quantitative estimate of drug-likeness (QED) is 0.863. The summed E-state index contributed by atoms with van der Waals surface area (Å²) in [6.07, 6.45) is 0.520. The third-order valence-corrected chi connectivity index (χ3v) is 4.55. The molecule has 0 aliphatic rings. The van der Waals surface area contributed by atoms with Crippen molar-refractivity contribution in [3.05, 3.63) is 35.4 Å². The first-order chi connectivity index (χ1) is 8.30. The number of hydrogen-bond donors (Lipinski definition) is 1. The lowest BCUT2D eigenvalue weighted by atomic mass is 10.0. The fraction of sp³-hybridized carbons (Fsp3) is 0.571. The highest BCUT2D eigenvalue weighted by Gasteiger charge is 2.13. The van der Waals surface area contributed by atoms with Crippen molar-refractivity contribution in [2.45, 2.75) is 44.9 Å². The van der Waals surface area contributed by atoms with Crippen LogP contribution in [0.1, 0.15) is 44.2 Å². The highest BCUT2D eigenvalue weighted by Crippen LogP contribution is 2.16. The number of sulfone groups is 1. The summed E-state index contributed by atoms with van der Waals surface area (Å²) in [5.41, 5.74) is 7.66. The molecule has 0 saturated carbocycles. The zero-order valence-corrected chi connectivity index (χ0v) is 12.2. The summed E-state index contributed by atoms with van der Waals surface area (Å²) in [4.78, 5) is 0. The van der Waals surface area contributed by atoms with Gasteiger partial charge in [-0.15, -0.1) is 0 Å². The molecule has 1 aromatic carbocycles. The predicted molar refractivity (Wildman–Crippen MR) is 76.3 cm³/mol. The van der Waals surface area contributed by atoms with Gasteiger partial charge >= 0.3 is 0 Å². The van der Waals surface area contributed by atoms with Gasteiger partial charge in [-0.3, -0.25) is 0 Å². The Morgan fingerprint density at radius 3 is 2.11 bits per heavy atom. The Hall–Kier alpha value is -0.870. The number of nitrogens with two attached hydrogens (primary N) is 1. The van der Waals surface area contributed by atoms with E-state index in [-0.39, 0.29) is 17.5 Å². The van der Waals surface area contributed by atoms with Crippen LogP contribution in [-0.2, 0) is 15.6 Å². The van der Waals surface area contributed by atoms with Crippen molar-refractivity contribution in [1.29, 1.82) is 0 Å². The van der Waals surface area contributed by atoms with Gasteiger partial charge in [0.2, 0.25) is 0 Å². The van der Waals surface area contributed by atoms with E-state index in [1.54, 1.807) is 0 Å². The molecule has 0 aliphatic heterocycles. The Morgan fingerprint density at radius 1 is 1.11 bits per heavy atom. The van der Waals surface area contributed by atoms with Crippen LogP contribution in [0.2, 0.25) is 0 Å². The average Bonchev–Trinajstić information content (AvgIpc) is 2.27. The Bertz CT molecular complexity index is 461.